The minimum atomic E-state index is -0.314. The number of fused-ring (bicyclic) bond motifs is 1. The van der Waals surface area contributed by atoms with Gasteiger partial charge in [-0.25, -0.2) is 4.79 Å². The molecule has 0 aromatic carbocycles. The van der Waals surface area contributed by atoms with Crippen LogP contribution >= 0.6 is 0 Å². The van der Waals surface area contributed by atoms with Gasteiger partial charge in [0.2, 0.25) is 11.8 Å². The molecule has 1 aromatic rings. The van der Waals surface area contributed by atoms with E-state index in [0.29, 0.717) is 38.1 Å². The van der Waals surface area contributed by atoms with Crippen molar-refractivity contribution in [2.45, 2.75) is 24.2 Å². The number of carbonyl (C=O) groups is 1. The van der Waals surface area contributed by atoms with E-state index >= 15 is 0 Å². The first-order valence-electron chi connectivity index (χ1n) is 7.48. The molecule has 4 rings (SSSR count). The zero-order valence-corrected chi connectivity index (χ0v) is 12.4. The minimum absolute atomic E-state index is 0.0331. The predicted octanol–water partition coefficient (Wildman–Crippen LogP) is 0.828. The Bertz CT molecular complexity index is 568. The normalized spacial score (nSPS) is 31.5. The zero-order chi connectivity index (χ0) is 14.6. The summed E-state index contributed by atoms with van der Waals surface area (Å²) in [4.78, 5) is 15.7. The smallest absolute Gasteiger partial charge is 0.319 e. The van der Waals surface area contributed by atoms with E-state index in [1.807, 2.05) is 4.90 Å². The van der Waals surface area contributed by atoms with Crippen molar-refractivity contribution in [2.24, 2.45) is 5.92 Å². The Kier molecular flexibility index (Phi) is 2.76. The number of amides is 2. The van der Waals surface area contributed by atoms with Crippen LogP contribution in [0, 0.1) is 5.92 Å². The van der Waals surface area contributed by atoms with E-state index in [1.165, 1.54) is 0 Å². The van der Waals surface area contributed by atoms with Gasteiger partial charge in [0.05, 0.1) is 18.6 Å². The number of aromatic nitrogens is 2. The van der Waals surface area contributed by atoms with E-state index in [2.05, 4.69) is 10.2 Å². The summed E-state index contributed by atoms with van der Waals surface area (Å²) >= 11 is 0. The van der Waals surface area contributed by atoms with Crippen LogP contribution in [0.5, 0.6) is 0 Å². The predicted molar refractivity (Wildman–Crippen MR) is 72.9 cm³/mol. The highest BCUT2D eigenvalue weighted by Crippen LogP contribution is 2.45. The van der Waals surface area contributed by atoms with E-state index in [4.69, 9.17) is 9.15 Å². The van der Waals surface area contributed by atoms with Gasteiger partial charge in [0, 0.05) is 39.0 Å². The molecule has 0 radical (unpaired) electrons. The Morgan fingerprint density at radius 3 is 2.90 bits per heavy atom. The maximum absolute atomic E-state index is 12.2. The Labute approximate surface area is 123 Å². The zero-order valence-electron chi connectivity index (χ0n) is 12.4. The number of ether oxygens (including phenoxy) is 1. The van der Waals surface area contributed by atoms with Gasteiger partial charge in [-0.1, -0.05) is 0 Å². The monoisotopic (exact) mass is 292 g/mol. The van der Waals surface area contributed by atoms with Crippen LogP contribution in [0.2, 0.25) is 0 Å². The van der Waals surface area contributed by atoms with E-state index < -0.39 is 0 Å². The molecular weight excluding hydrogens is 272 g/mol. The molecule has 114 valence electrons. The molecule has 0 N–H and O–H groups in total. The summed E-state index contributed by atoms with van der Waals surface area (Å²) in [5, 5.41) is 8.48. The molecule has 7 heteroatoms. The van der Waals surface area contributed by atoms with Gasteiger partial charge in [0.1, 0.15) is 0 Å². The second-order valence-electron chi connectivity index (χ2n) is 6.65. The fourth-order valence-electron chi connectivity index (χ4n) is 3.40. The van der Waals surface area contributed by atoms with Crippen LogP contribution in [0.15, 0.2) is 4.42 Å². The Morgan fingerprint density at radius 1 is 1.38 bits per heavy atom. The van der Waals surface area contributed by atoms with Gasteiger partial charge in [-0.05, 0) is 12.8 Å². The highest BCUT2D eigenvalue weighted by Gasteiger charge is 2.56. The maximum Gasteiger partial charge on any atom is 0.319 e. The third-order valence-electron chi connectivity index (χ3n) is 4.82. The summed E-state index contributed by atoms with van der Waals surface area (Å²) in [6.07, 6.45) is 2.28. The Morgan fingerprint density at radius 2 is 2.19 bits per heavy atom. The van der Waals surface area contributed by atoms with Gasteiger partial charge in [0.15, 0.2) is 0 Å². The Balaban J connectivity index is 1.62. The van der Waals surface area contributed by atoms with E-state index in [0.717, 1.165) is 18.7 Å². The van der Waals surface area contributed by atoms with Crippen LogP contribution in [0.4, 0.5) is 4.79 Å². The van der Waals surface area contributed by atoms with E-state index in [-0.39, 0.29) is 17.4 Å². The first-order valence-corrected chi connectivity index (χ1v) is 7.48. The largest absolute Gasteiger partial charge is 0.424 e. The number of carbonyl (C=O) groups excluding carboxylic acids is 1. The lowest BCUT2D eigenvalue weighted by atomic mass is 9.81. The third kappa shape index (κ3) is 1.94. The quantitative estimate of drug-likeness (QED) is 0.807. The number of nitrogens with zero attached hydrogens (tertiary/aromatic N) is 4. The van der Waals surface area contributed by atoms with Gasteiger partial charge < -0.3 is 19.0 Å². The molecule has 0 unspecified atom stereocenters. The Hall–Kier alpha value is -1.63. The second-order valence-corrected chi connectivity index (χ2v) is 6.65. The van der Waals surface area contributed by atoms with Crippen molar-refractivity contribution in [1.82, 2.24) is 20.0 Å². The topological polar surface area (TPSA) is 71.7 Å². The number of likely N-dealkylation sites (tertiary alicyclic amines) is 1. The molecule has 7 nitrogen and oxygen atoms in total. The van der Waals surface area contributed by atoms with Crippen LogP contribution in [0.25, 0.3) is 0 Å². The molecule has 1 aromatic heterocycles. The highest BCUT2D eigenvalue weighted by atomic mass is 16.5. The fraction of sp³-hybridized carbons (Fsp3) is 0.786. The first-order chi connectivity index (χ1) is 10.1. The SMILES string of the molecule is CN(C)C(=O)N1C[C@@H]2COC[C@]2(c2nnc(C3CC3)o2)C1. The molecule has 21 heavy (non-hydrogen) atoms. The summed E-state index contributed by atoms with van der Waals surface area (Å²) in [5.41, 5.74) is -0.314. The van der Waals surface area contributed by atoms with Crippen LogP contribution in [-0.2, 0) is 10.2 Å². The van der Waals surface area contributed by atoms with Crippen molar-refractivity contribution >= 4 is 6.03 Å². The molecule has 2 saturated heterocycles. The molecule has 2 amide bonds. The molecule has 0 spiro atoms. The average Bonchev–Trinajstić information content (AvgIpc) is 2.90. The second kappa shape index (κ2) is 4.43. The summed E-state index contributed by atoms with van der Waals surface area (Å²) in [6, 6.07) is 0.0331. The summed E-state index contributed by atoms with van der Waals surface area (Å²) in [7, 11) is 3.55. The lowest BCUT2D eigenvalue weighted by molar-refractivity contribution is 0.135. The van der Waals surface area contributed by atoms with Crippen molar-refractivity contribution in [3.8, 4) is 0 Å². The van der Waals surface area contributed by atoms with Gasteiger partial charge in [-0.3, -0.25) is 0 Å². The molecule has 3 fully saturated rings. The highest BCUT2D eigenvalue weighted by molar-refractivity contribution is 5.74. The minimum Gasteiger partial charge on any atom is -0.424 e. The molecular formula is C14H20N4O3. The summed E-state index contributed by atoms with van der Waals surface area (Å²) in [5.74, 6) is 2.10. The summed E-state index contributed by atoms with van der Waals surface area (Å²) in [6.45, 7) is 2.50. The molecule has 2 atom stereocenters. The molecule has 3 aliphatic rings. The number of urea groups is 1. The fourth-order valence-corrected chi connectivity index (χ4v) is 3.40. The molecule has 1 aliphatic carbocycles. The third-order valence-corrected chi connectivity index (χ3v) is 4.82. The molecule has 0 bridgehead atoms. The van der Waals surface area contributed by atoms with Crippen LogP contribution < -0.4 is 0 Å². The van der Waals surface area contributed by atoms with Crippen LogP contribution in [-0.4, -0.2) is 66.4 Å². The van der Waals surface area contributed by atoms with Crippen molar-refractivity contribution in [3.05, 3.63) is 11.8 Å². The standard InChI is InChI=1S/C14H20N4O3/c1-17(2)13(19)18-5-10-6-20-8-14(10,7-18)12-16-15-11(21-12)9-3-4-9/h9-10H,3-8H2,1-2H3/t10-,14-/m1/s1. The average molecular weight is 292 g/mol. The van der Waals surface area contributed by atoms with Crippen molar-refractivity contribution in [2.75, 3.05) is 40.4 Å². The van der Waals surface area contributed by atoms with Gasteiger partial charge in [0.25, 0.3) is 0 Å². The first kappa shape index (κ1) is 13.1. The van der Waals surface area contributed by atoms with E-state index in [1.54, 1.807) is 19.0 Å². The van der Waals surface area contributed by atoms with Crippen molar-refractivity contribution < 1.29 is 13.9 Å². The van der Waals surface area contributed by atoms with Gasteiger partial charge >= 0.3 is 6.03 Å². The van der Waals surface area contributed by atoms with Crippen LogP contribution in [0.3, 0.4) is 0 Å². The van der Waals surface area contributed by atoms with Crippen molar-refractivity contribution in [3.63, 3.8) is 0 Å². The maximum atomic E-state index is 12.2. The van der Waals surface area contributed by atoms with E-state index in [9.17, 15) is 4.79 Å². The number of hydrogen-bond acceptors (Lipinski definition) is 5. The number of hydrogen-bond donors (Lipinski definition) is 0. The lowest BCUT2D eigenvalue weighted by Gasteiger charge is -2.24. The summed E-state index contributed by atoms with van der Waals surface area (Å²) < 4.78 is 11.6. The van der Waals surface area contributed by atoms with Gasteiger partial charge in [-0.2, -0.15) is 0 Å². The van der Waals surface area contributed by atoms with Gasteiger partial charge in [-0.15, -0.1) is 10.2 Å². The molecule has 1 saturated carbocycles. The van der Waals surface area contributed by atoms with Crippen molar-refractivity contribution in [1.29, 1.82) is 0 Å². The molecule has 2 aliphatic heterocycles. The van der Waals surface area contributed by atoms with Crippen LogP contribution in [0.1, 0.15) is 30.5 Å². The lowest BCUT2D eigenvalue weighted by Crippen LogP contribution is -2.41. The molecule has 3 heterocycles. The number of rotatable bonds is 2.